The van der Waals surface area contributed by atoms with Crippen molar-refractivity contribution in [3.05, 3.63) is 15.3 Å². The van der Waals surface area contributed by atoms with E-state index in [4.69, 9.17) is 9.47 Å². The van der Waals surface area contributed by atoms with Crippen LogP contribution in [0.25, 0.3) is 0 Å². The molecule has 1 unspecified atom stereocenters. The van der Waals surface area contributed by atoms with Crippen LogP contribution in [0.3, 0.4) is 0 Å². The van der Waals surface area contributed by atoms with E-state index in [1.165, 1.54) is 16.9 Å². The van der Waals surface area contributed by atoms with E-state index in [-0.39, 0.29) is 17.9 Å². The first-order valence-electron chi connectivity index (χ1n) is 9.57. The largest absolute Gasteiger partial charge is 0.495 e. The predicted octanol–water partition coefficient (Wildman–Crippen LogP) is 2.10. The lowest BCUT2D eigenvalue weighted by Gasteiger charge is -2.35. The van der Waals surface area contributed by atoms with E-state index in [1.807, 2.05) is 9.80 Å². The third-order valence-electron chi connectivity index (χ3n) is 5.60. The van der Waals surface area contributed by atoms with Crippen LogP contribution in [0.2, 0.25) is 0 Å². The Balaban J connectivity index is 1.42. The van der Waals surface area contributed by atoms with Gasteiger partial charge in [-0.3, -0.25) is 9.59 Å². The average molecular weight is 378 g/mol. The predicted molar refractivity (Wildman–Crippen MR) is 99.0 cm³/mol. The van der Waals surface area contributed by atoms with Crippen LogP contribution in [-0.4, -0.2) is 67.6 Å². The van der Waals surface area contributed by atoms with Crippen LogP contribution in [0.4, 0.5) is 0 Å². The van der Waals surface area contributed by atoms with E-state index in [2.05, 4.69) is 0 Å². The average Bonchev–Trinajstić information content (AvgIpc) is 3.34. The molecule has 2 amide bonds. The van der Waals surface area contributed by atoms with E-state index < -0.39 is 0 Å². The van der Waals surface area contributed by atoms with E-state index in [0.29, 0.717) is 32.8 Å². The highest BCUT2D eigenvalue weighted by molar-refractivity contribution is 7.14. The summed E-state index contributed by atoms with van der Waals surface area (Å²) in [6, 6.07) is 0. The quantitative estimate of drug-likeness (QED) is 0.808. The highest BCUT2D eigenvalue weighted by Crippen LogP contribution is 2.40. The molecule has 2 saturated heterocycles. The topological polar surface area (TPSA) is 59.1 Å². The SMILES string of the molecule is COc1c(C(=O)N2CCN(C(=O)C3CCCO3)CC2)sc2c1CCCC2. The maximum atomic E-state index is 13.1. The number of piperazine rings is 1. The molecule has 0 bridgehead atoms. The molecule has 4 rings (SSSR count). The van der Waals surface area contributed by atoms with Gasteiger partial charge in [0.05, 0.1) is 7.11 Å². The van der Waals surface area contributed by atoms with E-state index >= 15 is 0 Å². The molecule has 2 fully saturated rings. The lowest BCUT2D eigenvalue weighted by Crippen LogP contribution is -2.52. The summed E-state index contributed by atoms with van der Waals surface area (Å²) in [5.74, 6) is 0.914. The molecule has 7 heteroatoms. The third kappa shape index (κ3) is 3.22. The summed E-state index contributed by atoms with van der Waals surface area (Å²) in [6.07, 6.45) is 5.90. The normalized spacial score (nSPS) is 23.0. The zero-order chi connectivity index (χ0) is 18.1. The molecule has 26 heavy (non-hydrogen) atoms. The van der Waals surface area contributed by atoms with Crippen molar-refractivity contribution < 1.29 is 19.1 Å². The lowest BCUT2D eigenvalue weighted by molar-refractivity contribution is -0.142. The molecule has 0 saturated carbocycles. The first-order chi connectivity index (χ1) is 12.7. The van der Waals surface area contributed by atoms with E-state index in [0.717, 1.165) is 42.7 Å². The van der Waals surface area contributed by atoms with Crippen molar-refractivity contribution in [2.45, 2.75) is 44.6 Å². The molecule has 0 radical (unpaired) electrons. The highest BCUT2D eigenvalue weighted by atomic mass is 32.1. The van der Waals surface area contributed by atoms with Crippen LogP contribution >= 0.6 is 11.3 Å². The minimum Gasteiger partial charge on any atom is -0.495 e. The number of thiophene rings is 1. The summed E-state index contributed by atoms with van der Waals surface area (Å²) < 4.78 is 11.1. The zero-order valence-electron chi connectivity index (χ0n) is 15.3. The Labute approximate surface area is 158 Å². The number of methoxy groups -OCH3 is 1. The number of aryl methyl sites for hydroxylation is 1. The molecule has 0 spiro atoms. The highest BCUT2D eigenvalue weighted by Gasteiger charge is 2.33. The van der Waals surface area contributed by atoms with Crippen molar-refractivity contribution >= 4 is 23.2 Å². The van der Waals surface area contributed by atoms with Crippen LogP contribution in [0.1, 0.15) is 45.8 Å². The Morgan fingerprint density at radius 2 is 1.81 bits per heavy atom. The number of amides is 2. The summed E-state index contributed by atoms with van der Waals surface area (Å²) in [5, 5.41) is 0. The minimum atomic E-state index is -0.277. The number of carbonyl (C=O) groups excluding carboxylic acids is 2. The molecular formula is C19H26N2O4S. The van der Waals surface area contributed by atoms with Crippen molar-refractivity contribution in [2.24, 2.45) is 0 Å². The van der Waals surface area contributed by atoms with Gasteiger partial charge in [-0.1, -0.05) is 0 Å². The summed E-state index contributed by atoms with van der Waals surface area (Å²) in [6.45, 7) is 2.99. The zero-order valence-corrected chi connectivity index (χ0v) is 16.1. The van der Waals surface area contributed by atoms with Crippen molar-refractivity contribution in [1.82, 2.24) is 9.80 Å². The van der Waals surface area contributed by atoms with Gasteiger partial charge in [0.2, 0.25) is 0 Å². The smallest absolute Gasteiger partial charge is 0.267 e. The van der Waals surface area contributed by atoms with Crippen LogP contribution in [0, 0.1) is 0 Å². The maximum absolute atomic E-state index is 13.1. The summed E-state index contributed by atoms with van der Waals surface area (Å²) in [4.78, 5) is 31.3. The monoisotopic (exact) mass is 378 g/mol. The minimum absolute atomic E-state index is 0.0467. The van der Waals surface area contributed by atoms with Gasteiger partial charge in [-0.25, -0.2) is 0 Å². The molecule has 6 nitrogen and oxygen atoms in total. The van der Waals surface area contributed by atoms with Crippen molar-refractivity contribution in [1.29, 1.82) is 0 Å². The Morgan fingerprint density at radius 3 is 2.50 bits per heavy atom. The Kier molecular flexibility index (Phi) is 5.18. The molecule has 2 aliphatic heterocycles. The summed E-state index contributed by atoms with van der Waals surface area (Å²) >= 11 is 1.60. The molecule has 1 aliphatic carbocycles. The van der Waals surface area contributed by atoms with Gasteiger partial charge in [0.15, 0.2) is 0 Å². The first kappa shape index (κ1) is 17.8. The van der Waals surface area contributed by atoms with Crippen LogP contribution in [0.15, 0.2) is 0 Å². The molecular weight excluding hydrogens is 352 g/mol. The van der Waals surface area contributed by atoms with Crippen LogP contribution < -0.4 is 4.74 Å². The van der Waals surface area contributed by atoms with Gasteiger partial charge < -0.3 is 19.3 Å². The molecule has 142 valence electrons. The van der Waals surface area contributed by atoms with Crippen LogP contribution in [-0.2, 0) is 22.4 Å². The number of ether oxygens (including phenoxy) is 2. The number of fused-ring (bicyclic) bond motifs is 1. The molecule has 1 atom stereocenters. The summed E-state index contributed by atoms with van der Waals surface area (Å²) in [5.41, 5.74) is 1.24. The van der Waals surface area contributed by atoms with E-state index in [1.54, 1.807) is 18.4 Å². The van der Waals surface area contributed by atoms with Crippen LogP contribution in [0.5, 0.6) is 5.75 Å². The lowest BCUT2D eigenvalue weighted by atomic mass is 9.98. The Bertz CT molecular complexity index is 688. The molecule has 3 heterocycles. The van der Waals surface area contributed by atoms with Crippen molar-refractivity contribution in [2.75, 3.05) is 39.9 Å². The number of hydrogen-bond acceptors (Lipinski definition) is 5. The molecule has 1 aromatic heterocycles. The first-order valence-corrected chi connectivity index (χ1v) is 10.4. The van der Waals surface area contributed by atoms with Gasteiger partial charge in [0.25, 0.3) is 11.8 Å². The maximum Gasteiger partial charge on any atom is 0.267 e. The Morgan fingerprint density at radius 1 is 1.08 bits per heavy atom. The number of nitrogens with zero attached hydrogens (tertiary/aromatic N) is 2. The van der Waals surface area contributed by atoms with Gasteiger partial charge in [-0.2, -0.15) is 0 Å². The fourth-order valence-corrected chi connectivity index (χ4v) is 5.47. The molecule has 3 aliphatic rings. The standard InChI is InChI=1S/C19H26N2O4S/c1-24-16-13-5-2-3-7-15(13)26-17(16)19(23)21-10-8-20(9-11-21)18(22)14-6-4-12-25-14/h14H,2-12H2,1H3. The fraction of sp³-hybridized carbons (Fsp3) is 0.684. The Hall–Kier alpha value is -1.60. The molecule has 0 N–H and O–H groups in total. The van der Waals surface area contributed by atoms with E-state index in [9.17, 15) is 9.59 Å². The van der Waals surface area contributed by atoms with Gasteiger partial charge in [0, 0.05) is 43.2 Å². The van der Waals surface area contributed by atoms with Crippen molar-refractivity contribution in [3.63, 3.8) is 0 Å². The molecule has 1 aromatic rings. The van der Waals surface area contributed by atoms with Crippen molar-refractivity contribution in [3.8, 4) is 5.75 Å². The fourth-order valence-electron chi connectivity index (χ4n) is 4.14. The second-order valence-corrected chi connectivity index (χ2v) is 8.30. The van der Waals surface area contributed by atoms with Gasteiger partial charge in [-0.05, 0) is 38.5 Å². The second kappa shape index (κ2) is 7.56. The number of carbonyl (C=O) groups is 2. The third-order valence-corrected chi connectivity index (χ3v) is 6.87. The van der Waals surface area contributed by atoms with Gasteiger partial charge in [0.1, 0.15) is 16.7 Å². The molecule has 0 aromatic carbocycles. The summed E-state index contributed by atoms with van der Waals surface area (Å²) in [7, 11) is 1.66. The number of hydrogen-bond donors (Lipinski definition) is 0. The van der Waals surface area contributed by atoms with Gasteiger partial charge >= 0.3 is 0 Å². The number of rotatable bonds is 3. The second-order valence-electron chi connectivity index (χ2n) is 7.19. The van der Waals surface area contributed by atoms with Gasteiger partial charge in [-0.15, -0.1) is 11.3 Å².